The van der Waals surface area contributed by atoms with Crippen LogP contribution >= 0.6 is 0 Å². The Morgan fingerprint density at radius 2 is 1.81 bits per heavy atom. The maximum atomic E-state index is 12.4. The van der Waals surface area contributed by atoms with Crippen molar-refractivity contribution in [1.82, 2.24) is 14.7 Å². The van der Waals surface area contributed by atoms with Crippen molar-refractivity contribution in [2.75, 3.05) is 46.4 Å². The van der Waals surface area contributed by atoms with Crippen molar-refractivity contribution < 1.29 is 9.53 Å². The maximum absolute atomic E-state index is 12.4. The molecule has 2 fully saturated rings. The Morgan fingerprint density at radius 3 is 2.44 bits per heavy atom. The molecule has 2 heterocycles. The molecule has 0 atom stereocenters. The number of ether oxygens (including phenoxy) is 1. The Morgan fingerprint density at radius 1 is 1.15 bits per heavy atom. The molecule has 27 heavy (non-hydrogen) atoms. The molecule has 2 aliphatic heterocycles. The van der Waals surface area contributed by atoms with Gasteiger partial charge in [-0.1, -0.05) is 44.2 Å². The van der Waals surface area contributed by atoms with Gasteiger partial charge in [-0.3, -0.25) is 9.69 Å². The zero-order chi connectivity index (χ0) is 19.2. The highest BCUT2D eigenvalue weighted by molar-refractivity contribution is 5.78. The lowest BCUT2D eigenvalue weighted by Gasteiger charge is -2.50. The van der Waals surface area contributed by atoms with Crippen molar-refractivity contribution in [2.24, 2.45) is 5.92 Å². The number of hydrogen-bond donors (Lipinski definition) is 0. The Hall–Kier alpha value is -1.43. The summed E-state index contributed by atoms with van der Waals surface area (Å²) in [4.78, 5) is 19.5. The van der Waals surface area contributed by atoms with Gasteiger partial charge in [0.2, 0.25) is 5.91 Å². The largest absolute Gasteiger partial charge is 0.367 e. The summed E-state index contributed by atoms with van der Waals surface area (Å²) in [6.45, 7) is 10.5. The van der Waals surface area contributed by atoms with Crippen LogP contribution in [0.2, 0.25) is 0 Å². The molecule has 150 valence electrons. The highest BCUT2D eigenvalue weighted by atomic mass is 16.5. The summed E-state index contributed by atoms with van der Waals surface area (Å²) < 4.78 is 5.62. The summed E-state index contributed by atoms with van der Waals surface area (Å²) in [6.07, 6.45) is 2.49. The van der Waals surface area contributed by atoms with Crippen LogP contribution in [0.4, 0.5) is 0 Å². The summed E-state index contributed by atoms with van der Waals surface area (Å²) in [7, 11) is 2.21. The summed E-state index contributed by atoms with van der Waals surface area (Å²) in [5.74, 6) is 0.777. The predicted octanol–water partition coefficient (Wildman–Crippen LogP) is 2.47. The molecule has 0 aliphatic carbocycles. The molecular weight excluding hydrogens is 338 g/mol. The average Bonchev–Trinajstić information content (AvgIpc) is 2.61. The lowest BCUT2D eigenvalue weighted by Crippen LogP contribution is -2.65. The molecule has 5 heteroatoms. The summed E-state index contributed by atoms with van der Waals surface area (Å²) >= 11 is 0. The zero-order valence-corrected chi connectivity index (χ0v) is 17.1. The molecule has 0 saturated carbocycles. The lowest BCUT2D eigenvalue weighted by molar-refractivity contribution is -0.145. The highest BCUT2D eigenvalue weighted by Crippen LogP contribution is 2.24. The van der Waals surface area contributed by atoms with E-state index in [1.54, 1.807) is 0 Å². The molecule has 0 unspecified atom stereocenters. The van der Waals surface area contributed by atoms with Crippen LogP contribution in [-0.2, 0) is 16.1 Å². The summed E-state index contributed by atoms with van der Waals surface area (Å²) in [6, 6.07) is 11.2. The van der Waals surface area contributed by atoms with E-state index in [1.807, 2.05) is 35.2 Å². The molecule has 1 aromatic carbocycles. The summed E-state index contributed by atoms with van der Waals surface area (Å²) in [5.41, 5.74) is 1.11. The Bertz CT molecular complexity index is 578. The second-order valence-electron chi connectivity index (χ2n) is 8.56. The first kappa shape index (κ1) is 20.3. The van der Waals surface area contributed by atoms with Crippen LogP contribution in [0.25, 0.3) is 0 Å². The maximum Gasteiger partial charge on any atom is 0.248 e. The van der Waals surface area contributed by atoms with Crippen molar-refractivity contribution in [3.8, 4) is 0 Å². The van der Waals surface area contributed by atoms with E-state index in [9.17, 15) is 4.79 Å². The Labute approximate surface area is 164 Å². The van der Waals surface area contributed by atoms with E-state index in [2.05, 4.69) is 30.7 Å². The minimum absolute atomic E-state index is 0.120. The van der Waals surface area contributed by atoms with Crippen LogP contribution in [0.15, 0.2) is 30.3 Å². The molecule has 0 spiro atoms. The van der Waals surface area contributed by atoms with Gasteiger partial charge in [0.15, 0.2) is 0 Å². The fourth-order valence-corrected chi connectivity index (χ4v) is 4.13. The van der Waals surface area contributed by atoms with Crippen molar-refractivity contribution in [3.63, 3.8) is 0 Å². The van der Waals surface area contributed by atoms with Gasteiger partial charge in [-0.05, 0) is 44.5 Å². The highest BCUT2D eigenvalue weighted by Gasteiger charge is 2.38. The van der Waals surface area contributed by atoms with Gasteiger partial charge in [0.05, 0.1) is 6.61 Å². The monoisotopic (exact) mass is 373 g/mol. The first-order chi connectivity index (χ1) is 13.0. The average molecular weight is 374 g/mol. The normalized spacial score (nSPS) is 19.7. The van der Waals surface area contributed by atoms with Gasteiger partial charge in [-0.15, -0.1) is 0 Å². The molecule has 0 N–H and O–H groups in total. The van der Waals surface area contributed by atoms with E-state index in [0.29, 0.717) is 24.6 Å². The Balaban J connectivity index is 1.43. The third-order valence-electron chi connectivity index (χ3n) is 5.75. The fourth-order valence-electron chi connectivity index (χ4n) is 4.13. The van der Waals surface area contributed by atoms with Gasteiger partial charge in [-0.2, -0.15) is 0 Å². The first-order valence-corrected chi connectivity index (χ1v) is 10.4. The molecular formula is C22H35N3O2. The van der Waals surface area contributed by atoms with E-state index in [0.717, 1.165) is 25.2 Å². The number of nitrogens with zero attached hydrogens (tertiary/aromatic N) is 3. The molecule has 0 radical (unpaired) electrons. The van der Waals surface area contributed by atoms with Gasteiger partial charge in [0.1, 0.15) is 6.61 Å². The number of carbonyl (C=O) groups is 1. The van der Waals surface area contributed by atoms with Crippen molar-refractivity contribution >= 4 is 5.91 Å². The lowest BCUT2D eigenvalue weighted by atomic mass is 9.96. The van der Waals surface area contributed by atoms with E-state index in [-0.39, 0.29) is 12.5 Å². The van der Waals surface area contributed by atoms with Crippen molar-refractivity contribution in [2.45, 2.75) is 45.4 Å². The topological polar surface area (TPSA) is 36.0 Å². The second kappa shape index (κ2) is 9.67. The van der Waals surface area contributed by atoms with Gasteiger partial charge >= 0.3 is 0 Å². The molecule has 0 aromatic heterocycles. The molecule has 3 rings (SSSR count). The van der Waals surface area contributed by atoms with Crippen LogP contribution in [-0.4, -0.2) is 79.1 Å². The van der Waals surface area contributed by atoms with Gasteiger partial charge in [0, 0.05) is 31.7 Å². The molecule has 0 bridgehead atoms. The van der Waals surface area contributed by atoms with E-state index in [1.165, 1.54) is 25.9 Å². The van der Waals surface area contributed by atoms with E-state index in [4.69, 9.17) is 4.74 Å². The number of piperidine rings is 1. The molecule has 2 aliphatic rings. The van der Waals surface area contributed by atoms with Crippen molar-refractivity contribution in [1.29, 1.82) is 0 Å². The SMILES string of the molecule is CC(C)CN(C1CCN(C)CC1)C1CN(C(=O)COCc2ccccc2)C1. The fraction of sp³-hybridized carbons (Fsp3) is 0.682. The number of benzene rings is 1. The molecule has 1 aromatic rings. The van der Waals surface area contributed by atoms with Gasteiger partial charge in [0.25, 0.3) is 0 Å². The van der Waals surface area contributed by atoms with Crippen molar-refractivity contribution in [3.05, 3.63) is 35.9 Å². The number of amides is 1. The Kier molecular flexibility index (Phi) is 7.27. The number of likely N-dealkylation sites (tertiary alicyclic amines) is 2. The van der Waals surface area contributed by atoms with Crippen LogP contribution in [0.3, 0.4) is 0 Å². The van der Waals surface area contributed by atoms with Crippen LogP contribution in [0.5, 0.6) is 0 Å². The van der Waals surface area contributed by atoms with Crippen LogP contribution < -0.4 is 0 Å². The van der Waals surface area contributed by atoms with Crippen LogP contribution in [0.1, 0.15) is 32.3 Å². The second-order valence-corrected chi connectivity index (χ2v) is 8.56. The van der Waals surface area contributed by atoms with E-state index < -0.39 is 0 Å². The standard InChI is InChI=1S/C22H35N3O2/c1-18(2)13-25(20-9-11-23(3)12-10-20)21-14-24(15-21)22(26)17-27-16-19-7-5-4-6-8-19/h4-8,18,20-21H,9-17H2,1-3H3. The molecule has 2 saturated heterocycles. The molecule has 1 amide bonds. The molecule has 5 nitrogen and oxygen atoms in total. The third kappa shape index (κ3) is 5.77. The van der Waals surface area contributed by atoms with Gasteiger partial charge in [-0.25, -0.2) is 0 Å². The number of carbonyl (C=O) groups excluding carboxylic acids is 1. The number of rotatable bonds is 8. The quantitative estimate of drug-likeness (QED) is 0.701. The third-order valence-corrected chi connectivity index (χ3v) is 5.75. The predicted molar refractivity (Wildman–Crippen MR) is 109 cm³/mol. The smallest absolute Gasteiger partial charge is 0.248 e. The summed E-state index contributed by atoms with van der Waals surface area (Å²) in [5, 5.41) is 0. The minimum atomic E-state index is 0.120. The minimum Gasteiger partial charge on any atom is -0.367 e. The van der Waals surface area contributed by atoms with Crippen LogP contribution in [0, 0.1) is 5.92 Å². The first-order valence-electron chi connectivity index (χ1n) is 10.4. The number of hydrogen-bond acceptors (Lipinski definition) is 4. The zero-order valence-electron chi connectivity index (χ0n) is 17.1. The van der Waals surface area contributed by atoms with E-state index >= 15 is 0 Å². The van der Waals surface area contributed by atoms with Gasteiger partial charge < -0.3 is 14.5 Å².